The van der Waals surface area contributed by atoms with Gasteiger partial charge in [-0.25, -0.2) is 0 Å². The van der Waals surface area contributed by atoms with Crippen molar-refractivity contribution >= 4 is 50.8 Å². The van der Waals surface area contributed by atoms with Crippen LogP contribution in [0.25, 0.3) is 33.7 Å². The van der Waals surface area contributed by atoms with Crippen molar-refractivity contribution in [1.82, 2.24) is 0 Å². The third-order valence-electron chi connectivity index (χ3n) is 12.9. The van der Waals surface area contributed by atoms with Crippen LogP contribution >= 0.6 is 0 Å². The number of aryl methyl sites for hydroxylation is 2. The molecule has 0 radical (unpaired) electrons. The van der Waals surface area contributed by atoms with Crippen LogP contribution in [0.3, 0.4) is 0 Å². The maximum atomic E-state index is 2.52. The summed E-state index contributed by atoms with van der Waals surface area (Å²) in [6.07, 6.45) is 36.5. The molecule has 6 aromatic carbocycles. The predicted molar refractivity (Wildman–Crippen MR) is 258 cm³/mol. The van der Waals surface area contributed by atoms with Gasteiger partial charge in [0.15, 0.2) is 0 Å². The lowest BCUT2D eigenvalue weighted by atomic mass is 9.84. The Hall–Kier alpha value is -6.64. The first-order valence-electron chi connectivity index (χ1n) is 21.9. The molecule has 4 aliphatic carbocycles. The summed E-state index contributed by atoms with van der Waals surface area (Å²) in [6, 6.07) is 45.7. The van der Waals surface area contributed by atoms with Crippen LogP contribution < -0.4 is 9.80 Å². The van der Waals surface area contributed by atoms with Crippen molar-refractivity contribution in [3.63, 3.8) is 0 Å². The lowest BCUT2D eigenvalue weighted by Gasteiger charge is -2.34. The van der Waals surface area contributed by atoms with Crippen LogP contribution in [0.5, 0.6) is 0 Å². The molecular formula is C58H52N2. The first-order chi connectivity index (χ1) is 29.6. The Labute approximate surface area is 355 Å². The first-order valence-corrected chi connectivity index (χ1v) is 21.9. The Morgan fingerprint density at radius 3 is 2.07 bits per heavy atom. The fourth-order valence-electron chi connectivity index (χ4n) is 9.37. The summed E-state index contributed by atoms with van der Waals surface area (Å²) >= 11 is 0. The van der Waals surface area contributed by atoms with Gasteiger partial charge in [-0.05, 0) is 130 Å². The van der Waals surface area contributed by atoms with Crippen molar-refractivity contribution < 1.29 is 0 Å². The van der Waals surface area contributed by atoms with Crippen LogP contribution in [0.2, 0.25) is 0 Å². The number of allylic oxidation sites excluding steroid dienone is 11. The number of fused-ring (bicyclic) bond motifs is 4. The molecule has 4 atom stereocenters. The summed E-state index contributed by atoms with van der Waals surface area (Å²) < 4.78 is 0. The van der Waals surface area contributed by atoms with Crippen LogP contribution in [-0.2, 0) is 19.3 Å². The van der Waals surface area contributed by atoms with Crippen LogP contribution in [-0.4, -0.2) is 6.04 Å². The van der Waals surface area contributed by atoms with E-state index < -0.39 is 0 Å². The average Bonchev–Trinajstić information content (AvgIpc) is 3.31. The van der Waals surface area contributed by atoms with E-state index in [4.69, 9.17) is 0 Å². The van der Waals surface area contributed by atoms with Crippen LogP contribution in [0, 0.1) is 17.8 Å². The van der Waals surface area contributed by atoms with Gasteiger partial charge in [0.1, 0.15) is 0 Å². The maximum absolute atomic E-state index is 2.52. The standard InChI is InChI=1S/C58H52N2/c1-3-41-16-22-51-39-57(34-26-50(51)35-41)59(55-31-23-45-9-5-7-11-48(45)37-55)53-27-17-43(18-28-53)13-14-44-19-29-54(30-20-44)60(56-32-24-46-10-6-8-12-49(46)38-56)58-33-25-47-21-15-42(4-2)36-52(47)40-58/h5-19,21-36,38-40,44,46,49,55H,3-4,20,37H2,1-2H3/b14-13+. The summed E-state index contributed by atoms with van der Waals surface area (Å²) in [6.45, 7) is 4.45. The molecule has 0 fully saturated rings. The van der Waals surface area contributed by atoms with Gasteiger partial charge >= 0.3 is 0 Å². The molecule has 0 saturated heterocycles. The highest BCUT2D eigenvalue weighted by Crippen LogP contribution is 2.38. The Bertz CT molecular complexity index is 2820. The number of nitrogens with zero attached hydrogens (tertiary/aromatic N) is 2. The molecule has 4 unspecified atom stereocenters. The molecule has 0 aromatic heterocycles. The van der Waals surface area contributed by atoms with E-state index in [-0.39, 0.29) is 6.04 Å². The molecule has 0 heterocycles. The van der Waals surface area contributed by atoms with E-state index in [2.05, 4.69) is 230 Å². The Morgan fingerprint density at radius 2 is 1.25 bits per heavy atom. The third-order valence-corrected chi connectivity index (χ3v) is 12.9. The van der Waals surface area contributed by atoms with E-state index in [9.17, 15) is 0 Å². The molecular weight excluding hydrogens is 725 g/mol. The number of hydrogen-bond acceptors (Lipinski definition) is 2. The summed E-state index contributed by atoms with van der Waals surface area (Å²) in [5, 5.41) is 5.13. The van der Waals surface area contributed by atoms with E-state index in [1.165, 1.54) is 77.8 Å². The third kappa shape index (κ3) is 7.66. The molecule has 10 rings (SSSR count). The summed E-state index contributed by atoms with van der Waals surface area (Å²) in [5.41, 5.74) is 12.7. The molecule has 294 valence electrons. The van der Waals surface area contributed by atoms with E-state index in [0.29, 0.717) is 17.8 Å². The summed E-state index contributed by atoms with van der Waals surface area (Å²) in [5.74, 6) is 1.10. The van der Waals surface area contributed by atoms with Gasteiger partial charge < -0.3 is 9.80 Å². The lowest BCUT2D eigenvalue weighted by molar-refractivity contribution is 0.651. The highest BCUT2D eigenvalue weighted by Gasteiger charge is 2.25. The van der Waals surface area contributed by atoms with E-state index in [1.807, 2.05) is 0 Å². The SMILES string of the molecule is CCc1ccc2cc(N(c3ccc(/C=C/C4C=CC(N(C5=CC6C=CC=CC6C=C5)c5ccc6ccc(CC)cc6c5)=CC4)cc3)C3C=Cc4ccccc4C3)ccc2c1. The molecule has 60 heavy (non-hydrogen) atoms. The minimum Gasteiger partial charge on any atom is -0.334 e. The van der Waals surface area contributed by atoms with E-state index in [0.717, 1.165) is 25.7 Å². The highest BCUT2D eigenvalue weighted by molar-refractivity contribution is 5.89. The van der Waals surface area contributed by atoms with Crippen LogP contribution in [0.1, 0.15) is 48.1 Å². The monoisotopic (exact) mass is 776 g/mol. The zero-order valence-corrected chi connectivity index (χ0v) is 34.7. The molecule has 4 aliphatic rings. The average molecular weight is 777 g/mol. The van der Waals surface area contributed by atoms with Gasteiger partial charge in [0.25, 0.3) is 0 Å². The molecule has 0 amide bonds. The molecule has 0 spiro atoms. The summed E-state index contributed by atoms with van der Waals surface area (Å²) in [7, 11) is 0. The van der Waals surface area contributed by atoms with Crippen molar-refractivity contribution in [1.29, 1.82) is 0 Å². The molecule has 0 N–H and O–H groups in total. The first kappa shape index (κ1) is 37.6. The number of rotatable bonds is 10. The molecule has 6 aromatic rings. The molecule has 0 aliphatic heterocycles. The van der Waals surface area contributed by atoms with Crippen molar-refractivity contribution in [2.45, 2.75) is 45.6 Å². The Kier molecular flexibility index (Phi) is 10.4. The van der Waals surface area contributed by atoms with Gasteiger partial charge in [-0.1, -0.05) is 172 Å². The molecule has 2 heteroatoms. The largest absolute Gasteiger partial charge is 0.334 e. The normalized spacial score (nSPS) is 20.3. The maximum Gasteiger partial charge on any atom is 0.0566 e. The van der Waals surface area contributed by atoms with E-state index >= 15 is 0 Å². The minimum atomic E-state index is 0.210. The highest BCUT2D eigenvalue weighted by atomic mass is 15.2. The lowest BCUT2D eigenvalue weighted by Crippen LogP contribution is -2.32. The van der Waals surface area contributed by atoms with Crippen molar-refractivity contribution in [3.05, 3.63) is 233 Å². The minimum absolute atomic E-state index is 0.210. The van der Waals surface area contributed by atoms with Gasteiger partial charge in [-0.2, -0.15) is 0 Å². The summed E-state index contributed by atoms with van der Waals surface area (Å²) in [4.78, 5) is 4.97. The van der Waals surface area contributed by atoms with Gasteiger partial charge in [0, 0.05) is 40.3 Å². The second-order valence-electron chi connectivity index (χ2n) is 16.7. The van der Waals surface area contributed by atoms with Crippen molar-refractivity contribution in [2.24, 2.45) is 17.8 Å². The van der Waals surface area contributed by atoms with E-state index in [1.54, 1.807) is 0 Å². The van der Waals surface area contributed by atoms with Gasteiger partial charge in [0.2, 0.25) is 0 Å². The van der Waals surface area contributed by atoms with Gasteiger partial charge in [-0.3, -0.25) is 0 Å². The van der Waals surface area contributed by atoms with Crippen LogP contribution in [0.15, 0.2) is 206 Å². The van der Waals surface area contributed by atoms with Crippen LogP contribution in [0.4, 0.5) is 17.1 Å². The zero-order valence-electron chi connectivity index (χ0n) is 34.7. The number of benzene rings is 6. The topological polar surface area (TPSA) is 6.48 Å². The van der Waals surface area contributed by atoms with Gasteiger partial charge in [0.05, 0.1) is 6.04 Å². The van der Waals surface area contributed by atoms with Crippen molar-refractivity contribution in [3.8, 4) is 0 Å². The quantitative estimate of drug-likeness (QED) is 0.137. The zero-order chi connectivity index (χ0) is 40.4. The molecule has 2 nitrogen and oxygen atoms in total. The smallest absolute Gasteiger partial charge is 0.0566 e. The molecule has 0 bridgehead atoms. The Morgan fingerprint density at radius 1 is 0.567 bits per heavy atom. The fourth-order valence-corrected chi connectivity index (χ4v) is 9.37. The van der Waals surface area contributed by atoms with Crippen molar-refractivity contribution in [2.75, 3.05) is 9.80 Å². The number of hydrogen-bond donors (Lipinski definition) is 0. The fraction of sp³-hybridized carbons (Fsp3) is 0.172. The van der Waals surface area contributed by atoms with Gasteiger partial charge in [-0.15, -0.1) is 0 Å². The molecule has 0 saturated carbocycles. The second-order valence-corrected chi connectivity index (χ2v) is 16.7. The Balaban J connectivity index is 0.901. The second kappa shape index (κ2) is 16.5. The number of anilines is 3. The predicted octanol–water partition coefficient (Wildman–Crippen LogP) is 14.7.